The smallest absolute Gasteiger partial charge is 0.332 e. The molecule has 2 aromatic rings. The van der Waals surface area contributed by atoms with Crippen molar-refractivity contribution in [1.29, 1.82) is 0 Å². The summed E-state index contributed by atoms with van der Waals surface area (Å²) in [5.41, 5.74) is -0.621. The zero-order chi connectivity index (χ0) is 15.7. The second-order valence-corrected chi connectivity index (χ2v) is 5.10. The monoisotopic (exact) mass is 378 g/mol. The average Bonchev–Trinajstić information content (AvgIpc) is 2.34. The molecule has 0 unspecified atom stereocenters. The summed E-state index contributed by atoms with van der Waals surface area (Å²) in [5, 5.41) is 13.2. The topological polar surface area (TPSA) is 81.0 Å². The van der Waals surface area contributed by atoms with Gasteiger partial charge in [-0.1, -0.05) is 0 Å². The molecule has 0 saturated heterocycles. The summed E-state index contributed by atoms with van der Waals surface area (Å²) in [6.45, 7) is 1.37. The van der Waals surface area contributed by atoms with Crippen LogP contribution in [0.4, 0.5) is 26.0 Å². The third-order valence-electron chi connectivity index (χ3n) is 2.48. The van der Waals surface area contributed by atoms with Crippen molar-refractivity contribution >= 4 is 44.7 Å². The van der Waals surface area contributed by atoms with E-state index in [9.17, 15) is 18.9 Å². The Labute approximate surface area is 130 Å². The van der Waals surface area contributed by atoms with E-state index in [-0.39, 0.29) is 27.0 Å². The normalized spacial score (nSPS) is 10.5. The first-order valence-corrected chi connectivity index (χ1v) is 6.56. The van der Waals surface area contributed by atoms with E-state index in [4.69, 9.17) is 11.6 Å². The van der Waals surface area contributed by atoms with Crippen molar-refractivity contribution in [2.45, 2.75) is 6.92 Å². The van der Waals surface area contributed by atoms with Crippen LogP contribution >= 0.6 is 27.5 Å². The largest absolute Gasteiger partial charge is 0.332 e. The second-order valence-electron chi connectivity index (χ2n) is 3.90. The Kier molecular flexibility index (Phi) is 4.33. The number of nitrogens with zero attached hydrogens (tertiary/aromatic N) is 3. The SMILES string of the molecule is Cc1nc(Cl)nc(Nc2cc(Br)c(F)cc2F)c1[N+](=O)[O-]. The number of aromatic nitrogens is 2. The van der Waals surface area contributed by atoms with Crippen molar-refractivity contribution in [3.05, 3.63) is 49.3 Å². The number of hydrogen-bond acceptors (Lipinski definition) is 5. The van der Waals surface area contributed by atoms with Crippen molar-refractivity contribution in [1.82, 2.24) is 9.97 Å². The summed E-state index contributed by atoms with van der Waals surface area (Å²) in [4.78, 5) is 17.6. The lowest BCUT2D eigenvalue weighted by molar-refractivity contribution is -0.385. The molecule has 1 aromatic carbocycles. The third kappa shape index (κ3) is 3.24. The zero-order valence-corrected chi connectivity index (χ0v) is 12.7. The molecule has 0 fully saturated rings. The fourth-order valence-electron chi connectivity index (χ4n) is 1.58. The molecule has 10 heteroatoms. The second kappa shape index (κ2) is 5.86. The van der Waals surface area contributed by atoms with Crippen LogP contribution < -0.4 is 5.32 Å². The van der Waals surface area contributed by atoms with Gasteiger partial charge >= 0.3 is 5.69 Å². The van der Waals surface area contributed by atoms with E-state index in [0.717, 1.165) is 6.07 Å². The summed E-state index contributed by atoms with van der Waals surface area (Å²) in [6, 6.07) is 1.73. The van der Waals surface area contributed by atoms with Crippen molar-refractivity contribution in [2.75, 3.05) is 5.32 Å². The molecule has 0 amide bonds. The molecule has 0 aliphatic heterocycles. The number of benzene rings is 1. The van der Waals surface area contributed by atoms with E-state index in [1.54, 1.807) is 0 Å². The Morgan fingerprint density at radius 1 is 1.33 bits per heavy atom. The zero-order valence-electron chi connectivity index (χ0n) is 10.3. The van der Waals surface area contributed by atoms with Crippen molar-refractivity contribution in [2.24, 2.45) is 0 Å². The van der Waals surface area contributed by atoms with Gasteiger partial charge in [-0.05, 0) is 40.5 Å². The maximum absolute atomic E-state index is 13.7. The van der Waals surface area contributed by atoms with Crippen LogP contribution in [0.1, 0.15) is 5.69 Å². The number of rotatable bonds is 3. The number of nitro groups is 1. The molecule has 0 saturated carbocycles. The summed E-state index contributed by atoms with van der Waals surface area (Å²) < 4.78 is 26.8. The van der Waals surface area contributed by atoms with Crippen molar-refractivity contribution in [3.63, 3.8) is 0 Å². The number of halogens is 4. The predicted molar refractivity (Wildman–Crippen MR) is 75.8 cm³/mol. The van der Waals surface area contributed by atoms with Gasteiger partial charge in [-0.25, -0.2) is 13.8 Å². The van der Waals surface area contributed by atoms with Crippen LogP contribution in [0.3, 0.4) is 0 Å². The maximum atomic E-state index is 13.7. The van der Waals surface area contributed by atoms with E-state index in [2.05, 4.69) is 31.2 Å². The van der Waals surface area contributed by atoms with Gasteiger partial charge in [-0.3, -0.25) is 10.1 Å². The first-order chi connectivity index (χ1) is 9.79. The molecule has 1 aromatic heterocycles. The molecule has 110 valence electrons. The molecule has 0 aliphatic rings. The molecule has 21 heavy (non-hydrogen) atoms. The van der Waals surface area contributed by atoms with Crippen molar-refractivity contribution in [3.8, 4) is 0 Å². The number of anilines is 2. The highest BCUT2D eigenvalue weighted by Crippen LogP contribution is 2.32. The lowest BCUT2D eigenvalue weighted by Crippen LogP contribution is -2.05. The van der Waals surface area contributed by atoms with Gasteiger partial charge in [0.05, 0.1) is 15.1 Å². The third-order valence-corrected chi connectivity index (χ3v) is 3.25. The van der Waals surface area contributed by atoms with Crippen LogP contribution in [0.5, 0.6) is 0 Å². The van der Waals surface area contributed by atoms with Crippen LogP contribution in [0.2, 0.25) is 5.28 Å². The maximum Gasteiger partial charge on any atom is 0.332 e. The first kappa shape index (κ1) is 15.5. The molecule has 0 radical (unpaired) electrons. The standard InChI is InChI=1S/C11H6BrClF2N4O2/c1-4-9(19(20)21)10(18-11(13)16-4)17-8-2-5(12)6(14)3-7(8)15/h2-3H,1H3,(H,16,17,18). The Balaban J connectivity index is 2.54. The molecule has 0 aliphatic carbocycles. The van der Waals surface area contributed by atoms with Gasteiger partial charge in [-0.15, -0.1) is 0 Å². The average molecular weight is 380 g/mol. The van der Waals surface area contributed by atoms with Crippen LogP contribution in [-0.2, 0) is 0 Å². The van der Waals surface area contributed by atoms with Gasteiger partial charge in [0.1, 0.15) is 17.3 Å². The lowest BCUT2D eigenvalue weighted by atomic mass is 10.2. The lowest BCUT2D eigenvalue weighted by Gasteiger charge is -2.09. The van der Waals surface area contributed by atoms with E-state index in [1.165, 1.54) is 6.92 Å². The molecule has 1 N–H and O–H groups in total. The van der Waals surface area contributed by atoms with Crippen LogP contribution in [0.25, 0.3) is 0 Å². The Morgan fingerprint density at radius 3 is 2.62 bits per heavy atom. The number of nitrogens with one attached hydrogen (secondary N) is 1. The molecular formula is C11H6BrClF2N4O2. The minimum absolute atomic E-state index is 0.00840. The summed E-state index contributed by atoms with van der Waals surface area (Å²) in [5.74, 6) is -2.02. The molecular weight excluding hydrogens is 374 g/mol. The van der Waals surface area contributed by atoms with Crippen LogP contribution in [0.15, 0.2) is 16.6 Å². The highest BCUT2D eigenvalue weighted by molar-refractivity contribution is 9.10. The van der Waals surface area contributed by atoms with E-state index < -0.39 is 22.2 Å². The Hall–Kier alpha value is -1.87. The van der Waals surface area contributed by atoms with Gasteiger partial charge in [-0.2, -0.15) is 4.98 Å². The van der Waals surface area contributed by atoms with Gasteiger partial charge in [0.25, 0.3) is 0 Å². The van der Waals surface area contributed by atoms with Gasteiger partial charge in [0, 0.05) is 6.07 Å². The summed E-state index contributed by atoms with van der Waals surface area (Å²) in [7, 11) is 0. The molecule has 0 atom stereocenters. The molecule has 0 spiro atoms. The minimum Gasteiger partial charge on any atom is -0.332 e. The molecule has 6 nitrogen and oxygen atoms in total. The highest BCUT2D eigenvalue weighted by Gasteiger charge is 2.23. The molecule has 1 heterocycles. The summed E-state index contributed by atoms with van der Waals surface area (Å²) in [6.07, 6.45) is 0. The summed E-state index contributed by atoms with van der Waals surface area (Å²) >= 11 is 8.54. The van der Waals surface area contributed by atoms with Gasteiger partial charge in [0.15, 0.2) is 0 Å². The van der Waals surface area contributed by atoms with Gasteiger partial charge < -0.3 is 5.32 Å². The number of hydrogen-bond donors (Lipinski definition) is 1. The molecule has 0 bridgehead atoms. The van der Waals surface area contributed by atoms with E-state index >= 15 is 0 Å². The highest BCUT2D eigenvalue weighted by atomic mass is 79.9. The van der Waals surface area contributed by atoms with E-state index in [0.29, 0.717) is 6.07 Å². The van der Waals surface area contributed by atoms with Crippen molar-refractivity contribution < 1.29 is 13.7 Å². The quantitative estimate of drug-likeness (QED) is 0.375. The van der Waals surface area contributed by atoms with Crippen LogP contribution in [0, 0.1) is 28.7 Å². The first-order valence-electron chi connectivity index (χ1n) is 5.39. The number of aryl methyl sites for hydroxylation is 1. The van der Waals surface area contributed by atoms with E-state index in [1.807, 2.05) is 0 Å². The fourth-order valence-corrected chi connectivity index (χ4v) is 2.14. The molecule has 2 rings (SSSR count). The van der Waals surface area contributed by atoms with Gasteiger partial charge in [0.2, 0.25) is 11.1 Å². The van der Waals surface area contributed by atoms with Crippen LogP contribution in [-0.4, -0.2) is 14.9 Å². The predicted octanol–water partition coefficient (Wildman–Crippen LogP) is 4.13. The Bertz CT molecular complexity index is 745. The minimum atomic E-state index is -0.933. The Morgan fingerprint density at radius 2 is 2.00 bits per heavy atom. The fraction of sp³-hybridized carbons (Fsp3) is 0.0909.